The molecule has 17 heteroatoms. The van der Waals surface area contributed by atoms with Crippen LogP contribution in [-0.2, 0) is 55.7 Å². The summed E-state index contributed by atoms with van der Waals surface area (Å²) in [5.74, 6) is 0. The first-order valence-corrected chi connectivity index (χ1v) is 7.55. The predicted octanol–water partition coefficient (Wildman–Crippen LogP) is -12.9. The van der Waals surface area contributed by atoms with Crippen LogP contribution in [0.25, 0.3) is 0 Å². The molecule has 0 saturated heterocycles. The van der Waals surface area contributed by atoms with Crippen LogP contribution in [0.15, 0.2) is 0 Å². The van der Waals surface area contributed by atoms with E-state index in [0.29, 0.717) is 0 Å². The van der Waals surface area contributed by atoms with E-state index in [0.717, 1.165) is 0 Å². The summed E-state index contributed by atoms with van der Waals surface area (Å²) in [4.78, 5) is 0. The monoisotopic (exact) mass is 382 g/mol. The molecule has 0 heterocycles. The Morgan fingerprint density at radius 2 is 1.00 bits per heavy atom. The minimum absolute atomic E-state index is 0. The second-order valence-corrected chi connectivity index (χ2v) is 5.81. The maximum atomic E-state index is 9.38. The number of hydrogen-bond donors (Lipinski definition) is 1. The first-order valence-electron chi connectivity index (χ1n) is 2.02. The van der Waals surface area contributed by atoms with Crippen LogP contribution in [0.3, 0.4) is 0 Å². The summed E-state index contributed by atoms with van der Waals surface area (Å²) >= 11 is -12.1. The van der Waals surface area contributed by atoms with Crippen molar-refractivity contribution >= 4 is 10.4 Å². The first-order chi connectivity index (χ1) is 5.71. The van der Waals surface area contributed by atoms with E-state index in [2.05, 4.69) is 2.84 Å². The van der Waals surface area contributed by atoms with Crippen molar-refractivity contribution in [1.29, 1.82) is 0 Å². The molecule has 0 radical (unpaired) electrons. The summed E-state index contributed by atoms with van der Waals surface area (Å²) in [5.41, 5.74) is 0. The molecule has 0 aromatic heterocycles. The molecule has 0 aliphatic carbocycles. The van der Waals surface area contributed by atoms with Gasteiger partial charge in [-0.15, -0.1) is 0 Å². The molecule has 0 aliphatic heterocycles. The fraction of sp³-hybridized carbons (Fsp3) is 0. The van der Waals surface area contributed by atoms with E-state index in [-0.39, 0.29) is 88.7 Å². The Morgan fingerprint density at radius 3 is 1.00 bits per heavy atom. The topological polar surface area (TPSA) is 201 Å². The Balaban J connectivity index is -0.0000000533. The van der Waals surface area contributed by atoms with Gasteiger partial charge in [0, 0.05) is 0 Å². The molecule has 11 nitrogen and oxygen atoms in total. The third-order valence-corrected chi connectivity index (χ3v) is 2.83. The summed E-state index contributed by atoms with van der Waals surface area (Å²) in [5, 5.41) is 0. The first kappa shape index (κ1) is 32.1. The van der Waals surface area contributed by atoms with Gasteiger partial charge in [0.25, 0.3) is 0 Å². The van der Waals surface area contributed by atoms with Crippen LogP contribution in [0, 0.1) is 0 Å². The van der Waals surface area contributed by atoms with Crippen LogP contribution in [0.4, 0.5) is 0 Å². The van der Waals surface area contributed by atoms with Gasteiger partial charge in [0.15, 0.2) is 0 Å². The summed E-state index contributed by atoms with van der Waals surface area (Å²) < 4.78 is 91.7. The van der Waals surface area contributed by atoms with Gasteiger partial charge in [0.05, 0.1) is 0 Å². The van der Waals surface area contributed by atoms with Gasteiger partial charge >= 0.3 is 142 Å². The summed E-state index contributed by atoms with van der Waals surface area (Å²) in [6, 6.07) is 0. The van der Waals surface area contributed by atoms with Gasteiger partial charge in [0.2, 0.25) is 10.4 Å². The van der Waals surface area contributed by atoms with Crippen LogP contribution in [-0.4, -0.2) is 17.5 Å². The van der Waals surface area contributed by atoms with Crippen LogP contribution in [0.5, 0.6) is 0 Å². The average molecular weight is 382 g/mol. The van der Waals surface area contributed by atoms with E-state index < -0.39 is 37.6 Å². The van der Waals surface area contributed by atoms with Gasteiger partial charge in [-0.1, -0.05) is 0 Å². The molecule has 0 aromatic carbocycles. The fourth-order valence-corrected chi connectivity index (χ4v) is 1.74. The van der Waals surface area contributed by atoms with Crippen molar-refractivity contribution in [1.82, 2.24) is 0 Å². The number of rotatable bonds is 2. The Labute approximate surface area is 167 Å². The fourth-order valence-electron chi connectivity index (χ4n) is 0.102. The van der Waals surface area contributed by atoms with Crippen molar-refractivity contribution in [2.24, 2.45) is 0 Å². The summed E-state index contributed by atoms with van der Waals surface area (Å²) in [7, 11) is -4.92. The molecule has 0 spiro atoms. The van der Waals surface area contributed by atoms with E-state index in [1.807, 2.05) is 0 Å². The molecule has 1 N–H and O–H groups in total. The molecule has 0 unspecified atom stereocenters. The van der Waals surface area contributed by atoms with Gasteiger partial charge in [-0.25, -0.2) is 8.42 Å². The molecule has 0 saturated carbocycles. The van der Waals surface area contributed by atoms with Gasteiger partial charge in [-0.3, -0.25) is 4.55 Å². The SMILES string of the molecule is O=S(=O)([O-])O.[Na+].[Na+].[Na+].[O]=[Cr](=[O])([O-])[O][Cr](=[O])(=[O])[O-]. The van der Waals surface area contributed by atoms with E-state index in [1.165, 1.54) is 0 Å². The standard InChI is InChI=1S/2Cr.3Na.H2O4S.7O/c;;;;;1-5(2,3)4;;;;;;;/h;;;;;(H2,1,2,3,4);;;;;;;/q;;3*+1;;;;;;;2*-1/p-1. The second-order valence-electron chi connectivity index (χ2n) is 1.31. The molecule has 0 aromatic rings. The average Bonchev–Trinajstić information content (AvgIpc) is 1.42. The van der Waals surface area contributed by atoms with Gasteiger partial charge < -0.3 is 4.55 Å². The summed E-state index contributed by atoms with van der Waals surface area (Å²) in [6.07, 6.45) is 0. The van der Waals surface area contributed by atoms with Gasteiger partial charge in [0.1, 0.15) is 0 Å². The zero-order valence-electron chi connectivity index (χ0n) is 8.75. The maximum absolute atomic E-state index is 9.38. The van der Waals surface area contributed by atoms with Crippen LogP contribution in [0.1, 0.15) is 0 Å². The van der Waals surface area contributed by atoms with Crippen molar-refractivity contribution in [3.63, 3.8) is 0 Å². The zero-order valence-corrected chi connectivity index (χ0v) is 18.1. The molecular formula is HCr2Na3O11S. The molecule has 0 atom stereocenters. The third-order valence-electron chi connectivity index (χ3n) is 0.167. The Morgan fingerprint density at radius 1 is 0.882 bits per heavy atom. The molecule has 0 aliphatic rings. The predicted molar refractivity (Wildman–Crippen MR) is 16.2 cm³/mol. The van der Waals surface area contributed by atoms with Crippen molar-refractivity contribution in [2.45, 2.75) is 0 Å². The number of hydrogen-bond acceptors (Lipinski definition) is 10. The van der Waals surface area contributed by atoms with Crippen molar-refractivity contribution in [3.05, 3.63) is 0 Å². The molecule has 0 fully saturated rings. The van der Waals surface area contributed by atoms with Crippen molar-refractivity contribution < 1.29 is 160 Å². The molecule has 88 valence electrons. The van der Waals surface area contributed by atoms with Crippen LogP contribution in [0.2, 0.25) is 0 Å². The molecule has 17 heavy (non-hydrogen) atoms. The van der Waals surface area contributed by atoms with E-state index in [9.17, 15) is 23.5 Å². The summed E-state index contributed by atoms with van der Waals surface area (Å²) in [6.45, 7) is 0. The second kappa shape index (κ2) is 12.7. The minimum atomic E-state index is -6.07. The Bertz CT molecular complexity index is 417. The quantitative estimate of drug-likeness (QED) is 0.270. The Kier molecular flexibility index (Phi) is 24.0. The zero-order chi connectivity index (χ0) is 12.2. The van der Waals surface area contributed by atoms with Crippen molar-refractivity contribution in [3.8, 4) is 0 Å². The Hall–Kier alpha value is 3.01. The van der Waals surface area contributed by atoms with Crippen LogP contribution >= 0.6 is 0 Å². The van der Waals surface area contributed by atoms with E-state index in [1.54, 1.807) is 0 Å². The molecule has 0 amide bonds. The van der Waals surface area contributed by atoms with Crippen molar-refractivity contribution in [2.75, 3.05) is 0 Å². The molecule has 0 bridgehead atoms. The van der Waals surface area contributed by atoms with Gasteiger partial charge in [-0.2, -0.15) is 0 Å². The third kappa shape index (κ3) is 67.7. The normalized spacial score (nSPS) is 10.6. The van der Waals surface area contributed by atoms with Gasteiger partial charge in [-0.05, 0) is 0 Å². The van der Waals surface area contributed by atoms with E-state index >= 15 is 0 Å². The molecule has 0 rings (SSSR count). The van der Waals surface area contributed by atoms with Crippen LogP contribution < -0.4 is 97.0 Å². The molecular weight excluding hydrogens is 381 g/mol. The van der Waals surface area contributed by atoms with E-state index in [4.69, 9.17) is 17.5 Å².